The molecule has 0 aliphatic carbocycles. The maximum Gasteiger partial charge on any atom is 0.0496 e. The van der Waals surface area contributed by atoms with Crippen molar-refractivity contribution in [3.8, 4) is 0 Å². The molecule has 0 saturated carbocycles. The second kappa shape index (κ2) is 6.74. The normalized spacial score (nSPS) is 24.7. The number of halogens is 1. The fraction of sp³-hybridized carbons (Fsp3) is 0.625. The van der Waals surface area contributed by atoms with Crippen LogP contribution in [0.15, 0.2) is 24.3 Å². The van der Waals surface area contributed by atoms with Gasteiger partial charge in [0, 0.05) is 17.1 Å². The van der Waals surface area contributed by atoms with Crippen LogP contribution in [0.3, 0.4) is 0 Å². The molecule has 1 aromatic carbocycles. The van der Waals surface area contributed by atoms with Gasteiger partial charge < -0.3 is 5.73 Å². The zero-order valence-electron chi connectivity index (χ0n) is 12.0. The minimum Gasteiger partial charge on any atom is -0.326 e. The number of hydrogen-bond acceptors (Lipinski definition) is 2. The van der Waals surface area contributed by atoms with E-state index in [9.17, 15) is 0 Å². The topological polar surface area (TPSA) is 29.3 Å². The van der Waals surface area contributed by atoms with Gasteiger partial charge in [0.25, 0.3) is 0 Å². The van der Waals surface area contributed by atoms with E-state index in [4.69, 9.17) is 17.3 Å². The lowest BCUT2D eigenvalue weighted by molar-refractivity contribution is 0.181. The highest BCUT2D eigenvalue weighted by Crippen LogP contribution is 2.29. The van der Waals surface area contributed by atoms with E-state index in [0.29, 0.717) is 0 Å². The molecule has 3 atom stereocenters. The first-order valence-electron chi connectivity index (χ1n) is 7.33. The molecule has 1 aliphatic heterocycles. The van der Waals surface area contributed by atoms with Crippen LogP contribution in [0.4, 0.5) is 0 Å². The Labute approximate surface area is 121 Å². The molecule has 106 valence electrons. The highest BCUT2D eigenvalue weighted by molar-refractivity contribution is 6.30. The molecule has 0 spiro atoms. The lowest BCUT2D eigenvalue weighted by Gasteiger charge is -2.34. The molecule has 1 saturated heterocycles. The Balaban J connectivity index is 2.20. The first-order chi connectivity index (χ1) is 9.08. The fourth-order valence-corrected chi connectivity index (χ4v) is 3.30. The van der Waals surface area contributed by atoms with Gasteiger partial charge in [0.1, 0.15) is 0 Å². The van der Waals surface area contributed by atoms with Crippen LogP contribution in [0, 0.1) is 5.92 Å². The van der Waals surface area contributed by atoms with Crippen LogP contribution >= 0.6 is 11.6 Å². The van der Waals surface area contributed by atoms with Crippen molar-refractivity contribution in [1.29, 1.82) is 0 Å². The Hall–Kier alpha value is -0.570. The predicted molar refractivity (Wildman–Crippen MR) is 82.4 cm³/mol. The first kappa shape index (κ1) is 14.8. The van der Waals surface area contributed by atoms with Crippen LogP contribution in [-0.4, -0.2) is 24.0 Å². The predicted octanol–water partition coefficient (Wildman–Crippen LogP) is 3.85. The lowest BCUT2D eigenvalue weighted by atomic mass is 9.99. The van der Waals surface area contributed by atoms with E-state index in [1.165, 1.54) is 24.8 Å². The Morgan fingerprint density at radius 1 is 1.32 bits per heavy atom. The van der Waals surface area contributed by atoms with Crippen molar-refractivity contribution in [1.82, 2.24) is 4.90 Å². The fourth-order valence-electron chi connectivity index (χ4n) is 3.10. The summed E-state index contributed by atoms with van der Waals surface area (Å²) in [6.07, 6.45) is 3.87. The molecule has 2 N–H and O–H groups in total. The number of benzene rings is 1. The average molecular weight is 281 g/mol. The summed E-state index contributed by atoms with van der Waals surface area (Å²) >= 11 is 6.13. The van der Waals surface area contributed by atoms with E-state index >= 15 is 0 Å². The summed E-state index contributed by atoms with van der Waals surface area (Å²) in [6.45, 7) is 6.73. The molecule has 0 aromatic heterocycles. The molecule has 1 aliphatic rings. The third-order valence-electron chi connectivity index (χ3n) is 4.13. The van der Waals surface area contributed by atoms with Crippen molar-refractivity contribution in [2.24, 2.45) is 11.7 Å². The van der Waals surface area contributed by atoms with Crippen LogP contribution in [-0.2, 0) is 0 Å². The molecular weight excluding hydrogens is 256 g/mol. The van der Waals surface area contributed by atoms with Gasteiger partial charge in [-0.3, -0.25) is 4.90 Å². The van der Waals surface area contributed by atoms with Crippen molar-refractivity contribution in [2.45, 2.75) is 45.2 Å². The standard InChI is InChI=1S/C16H25ClN2/c1-12-5-4-9-19(10-8-12)16(13(2)18)14-6-3-7-15(17)11-14/h3,6-7,11-13,16H,4-5,8-10,18H2,1-2H3. The second-order valence-corrected chi connectivity index (χ2v) is 6.37. The molecule has 1 fully saturated rings. The number of rotatable bonds is 3. The van der Waals surface area contributed by atoms with Crippen LogP contribution in [0.5, 0.6) is 0 Å². The average Bonchev–Trinajstić information content (AvgIpc) is 2.55. The second-order valence-electron chi connectivity index (χ2n) is 5.93. The van der Waals surface area contributed by atoms with Crippen molar-refractivity contribution >= 4 is 11.6 Å². The van der Waals surface area contributed by atoms with Gasteiger partial charge in [-0.05, 0) is 62.9 Å². The van der Waals surface area contributed by atoms with Crippen LogP contribution in [0.25, 0.3) is 0 Å². The molecule has 0 bridgehead atoms. The van der Waals surface area contributed by atoms with Gasteiger partial charge in [-0.15, -0.1) is 0 Å². The Bertz CT molecular complexity index is 405. The zero-order chi connectivity index (χ0) is 13.8. The summed E-state index contributed by atoms with van der Waals surface area (Å²) in [4.78, 5) is 2.54. The van der Waals surface area contributed by atoms with E-state index < -0.39 is 0 Å². The van der Waals surface area contributed by atoms with E-state index in [-0.39, 0.29) is 12.1 Å². The molecule has 2 nitrogen and oxygen atoms in total. The smallest absolute Gasteiger partial charge is 0.0496 e. The highest BCUT2D eigenvalue weighted by Gasteiger charge is 2.26. The summed E-state index contributed by atoms with van der Waals surface area (Å²) in [6, 6.07) is 8.55. The summed E-state index contributed by atoms with van der Waals surface area (Å²) in [5.41, 5.74) is 7.50. The maximum absolute atomic E-state index is 6.25. The van der Waals surface area contributed by atoms with Crippen molar-refractivity contribution < 1.29 is 0 Å². The number of nitrogens with zero attached hydrogens (tertiary/aromatic N) is 1. The van der Waals surface area contributed by atoms with Crippen LogP contribution < -0.4 is 5.73 Å². The van der Waals surface area contributed by atoms with Crippen molar-refractivity contribution in [3.63, 3.8) is 0 Å². The lowest BCUT2D eigenvalue weighted by Crippen LogP contribution is -2.40. The number of nitrogens with two attached hydrogens (primary N) is 1. The van der Waals surface area contributed by atoms with Gasteiger partial charge in [-0.2, -0.15) is 0 Å². The van der Waals surface area contributed by atoms with Crippen molar-refractivity contribution in [3.05, 3.63) is 34.9 Å². The largest absolute Gasteiger partial charge is 0.326 e. The Morgan fingerprint density at radius 3 is 2.79 bits per heavy atom. The molecule has 19 heavy (non-hydrogen) atoms. The summed E-state index contributed by atoms with van der Waals surface area (Å²) in [7, 11) is 0. The molecule has 2 rings (SSSR count). The van der Waals surface area contributed by atoms with Gasteiger partial charge in [0.05, 0.1) is 0 Å². The van der Waals surface area contributed by atoms with Gasteiger partial charge in [-0.25, -0.2) is 0 Å². The minimum atomic E-state index is 0.117. The van der Waals surface area contributed by atoms with E-state index in [2.05, 4.69) is 30.9 Å². The third-order valence-corrected chi connectivity index (χ3v) is 4.37. The number of hydrogen-bond donors (Lipinski definition) is 1. The SMILES string of the molecule is CC1CCCN(C(c2cccc(Cl)c2)C(C)N)CC1. The first-order valence-corrected chi connectivity index (χ1v) is 7.71. The monoisotopic (exact) mass is 280 g/mol. The third kappa shape index (κ3) is 3.95. The quantitative estimate of drug-likeness (QED) is 0.911. The molecule has 0 radical (unpaired) electrons. The van der Waals surface area contributed by atoms with Gasteiger partial charge in [0.2, 0.25) is 0 Å². The molecule has 0 amide bonds. The summed E-state index contributed by atoms with van der Waals surface area (Å²) < 4.78 is 0. The molecule has 3 heteroatoms. The van der Waals surface area contributed by atoms with Crippen LogP contribution in [0.2, 0.25) is 5.02 Å². The molecule has 1 heterocycles. The van der Waals surface area contributed by atoms with E-state index in [0.717, 1.165) is 24.0 Å². The van der Waals surface area contributed by atoms with Crippen LogP contribution in [0.1, 0.15) is 44.7 Å². The number of likely N-dealkylation sites (tertiary alicyclic amines) is 1. The van der Waals surface area contributed by atoms with Gasteiger partial charge in [0.15, 0.2) is 0 Å². The Kier molecular flexibility index (Phi) is 5.26. The summed E-state index contributed by atoms with van der Waals surface area (Å²) in [5.74, 6) is 0.832. The van der Waals surface area contributed by atoms with Gasteiger partial charge >= 0.3 is 0 Å². The molecular formula is C16H25ClN2. The van der Waals surface area contributed by atoms with E-state index in [1.807, 2.05) is 12.1 Å². The highest BCUT2D eigenvalue weighted by atomic mass is 35.5. The maximum atomic E-state index is 6.25. The van der Waals surface area contributed by atoms with Crippen molar-refractivity contribution in [2.75, 3.05) is 13.1 Å². The van der Waals surface area contributed by atoms with E-state index in [1.54, 1.807) is 0 Å². The zero-order valence-corrected chi connectivity index (χ0v) is 12.7. The molecule has 3 unspecified atom stereocenters. The molecule has 1 aromatic rings. The summed E-state index contributed by atoms with van der Waals surface area (Å²) in [5, 5.41) is 0.798. The Morgan fingerprint density at radius 2 is 2.11 bits per heavy atom. The van der Waals surface area contributed by atoms with Gasteiger partial charge in [-0.1, -0.05) is 30.7 Å². The minimum absolute atomic E-state index is 0.117.